The average Bonchev–Trinajstić information content (AvgIpc) is 3.28. The smallest absolute Gasteiger partial charge is 0.273 e. The molecular formula is C17H15N3O3S3. The Morgan fingerprint density at radius 3 is 2.58 bits per heavy atom. The number of hydrogen-bond donors (Lipinski definition) is 2. The third-order valence-electron chi connectivity index (χ3n) is 3.43. The van der Waals surface area contributed by atoms with E-state index in [2.05, 4.69) is 15.2 Å². The van der Waals surface area contributed by atoms with Gasteiger partial charge in [-0.2, -0.15) is 5.10 Å². The maximum Gasteiger partial charge on any atom is 0.273 e. The van der Waals surface area contributed by atoms with Gasteiger partial charge in [-0.3, -0.25) is 9.52 Å². The van der Waals surface area contributed by atoms with E-state index in [1.54, 1.807) is 29.8 Å². The molecule has 0 aliphatic carbocycles. The van der Waals surface area contributed by atoms with Crippen LogP contribution < -0.4 is 10.1 Å². The summed E-state index contributed by atoms with van der Waals surface area (Å²) >= 11 is 2.62. The van der Waals surface area contributed by atoms with Crippen LogP contribution in [0.15, 0.2) is 62.5 Å². The lowest BCUT2D eigenvalue weighted by Gasteiger charge is -2.10. The molecule has 26 heavy (non-hydrogen) atoms. The van der Waals surface area contributed by atoms with E-state index in [1.165, 1.54) is 29.5 Å². The average molecular weight is 406 g/mol. The van der Waals surface area contributed by atoms with Crippen LogP contribution >= 0.6 is 22.7 Å². The Labute approximate surface area is 159 Å². The van der Waals surface area contributed by atoms with Gasteiger partial charge in [0.05, 0.1) is 17.5 Å². The van der Waals surface area contributed by atoms with Crippen LogP contribution in [0.25, 0.3) is 0 Å². The van der Waals surface area contributed by atoms with E-state index >= 15 is 0 Å². The Morgan fingerprint density at radius 1 is 1.08 bits per heavy atom. The maximum atomic E-state index is 12.4. The van der Waals surface area contributed by atoms with Crippen LogP contribution in [0.4, 0.5) is 5.69 Å². The van der Waals surface area contributed by atoms with Crippen LogP contribution in [-0.4, -0.2) is 20.5 Å². The number of carbonyl (C=O) groups excluding carboxylic acids is 1. The minimum absolute atomic E-state index is 0.180. The van der Waals surface area contributed by atoms with Gasteiger partial charge in [-0.25, -0.2) is 13.8 Å². The molecule has 9 heteroatoms. The molecule has 2 heterocycles. The lowest BCUT2D eigenvalue weighted by atomic mass is 10.2. The first-order valence-electron chi connectivity index (χ1n) is 7.50. The van der Waals surface area contributed by atoms with Crippen molar-refractivity contribution in [1.29, 1.82) is 0 Å². The number of anilines is 1. The van der Waals surface area contributed by atoms with Gasteiger partial charge in [0, 0.05) is 4.88 Å². The summed E-state index contributed by atoms with van der Waals surface area (Å²) < 4.78 is 27.4. The van der Waals surface area contributed by atoms with Crippen LogP contribution in [0.5, 0.6) is 0 Å². The molecule has 6 nitrogen and oxygen atoms in total. The van der Waals surface area contributed by atoms with Crippen molar-refractivity contribution in [3.63, 3.8) is 0 Å². The fourth-order valence-corrected chi connectivity index (χ4v) is 4.97. The van der Waals surface area contributed by atoms with Crippen molar-refractivity contribution >= 4 is 50.5 Å². The number of carbonyl (C=O) groups is 1. The van der Waals surface area contributed by atoms with Gasteiger partial charge in [0.1, 0.15) is 4.21 Å². The Kier molecular flexibility index (Phi) is 5.50. The summed E-state index contributed by atoms with van der Waals surface area (Å²) in [6.07, 6.45) is 1.57. The van der Waals surface area contributed by atoms with Gasteiger partial charge in [-0.05, 0) is 47.5 Å². The molecule has 3 aromatic rings. The molecule has 3 rings (SSSR count). The summed E-state index contributed by atoms with van der Waals surface area (Å²) in [5.74, 6) is -0.500. The fraction of sp³-hybridized carbons (Fsp3) is 0.0588. The van der Waals surface area contributed by atoms with Crippen LogP contribution in [0, 0.1) is 6.92 Å². The number of hydrazone groups is 1. The zero-order chi connectivity index (χ0) is 18.6. The molecule has 2 aromatic heterocycles. The van der Waals surface area contributed by atoms with Gasteiger partial charge >= 0.3 is 0 Å². The van der Waals surface area contributed by atoms with E-state index in [4.69, 9.17) is 0 Å². The first-order chi connectivity index (χ1) is 12.5. The number of hydrogen-bond acceptors (Lipinski definition) is 6. The van der Waals surface area contributed by atoms with E-state index in [9.17, 15) is 13.2 Å². The number of sulfonamides is 1. The molecule has 0 bridgehead atoms. The molecular weight excluding hydrogens is 390 g/mol. The van der Waals surface area contributed by atoms with Crippen molar-refractivity contribution in [2.75, 3.05) is 4.72 Å². The van der Waals surface area contributed by atoms with Gasteiger partial charge in [0.25, 0.3) is 15.9 Å². The monoisotopic (exact) mass is 405 g/mol. The molecule has 1 aromatic carbocycles. The zero-order valence-corrected chi connectivity index (χ0v) is 16.1. The highest BCUT2D eigenvalue weighted by Crippen LogP contribution is 2.22. The number of aryl methyl sites for hydroxylation is 1. The van der Waals surface area contributed by atoms with Crippen LogP contribution in [-0.2, 0) is 10.0 Å². The first kappa shape index (κ1) is 18.3. The molecule has 134 valence electrons. The minimum atomic E-state index is -3.74. The molecule has 0 unspecified atom stereocenters. The van der Waals surface area contributed by atoms with E-state index in [1.807, 2.05) is 18.4 Å². The Hall–Kier alpha value is -2.49. The Bertz CT molecular complexity index is 1040. The molecule has 1 amide bonds. The van der Waals surface area contributed by atoms with Crippen molar-refractivity contribution in [3.8, 4) is 0 Å². The van der Waals surface area contributed by atoms with Gasteiger partial charge in [-0.1, -0.05) is 18.2 Å². The van der Waals surface area contributed by atoms with E-state index < -0.39 is 15.9 Å². The van der Waals surface area contributed by atoms with Crippen molar-refractivity contribution in [2.45, 2.75) is 11.1 Å². The lowest BCUT2D eigenvalue weighted by molar-refractivity contribution is 0.0956. The maximum absolute atomic E-state index is 12.4. The van der Waals surface area contributed by atoms with Crippen LogP contribution in [0.1, 0.15) is 20.8 Å². The highest BCUT2D eigenvalue weighted by atomic mass is 32.2. The number of rotatable bonds is 6. The second kappa shape index (κ2) is 7.81. The third kappa shape index (κ3) is 4.18. The van der Waals surface area contributed by atoms with Gasteiger partial charge in [0.2, 0.25) is 0 Å². The predicted octanol–water partition coefficient (Wildman–Crippen LogP) is 3.68. The van der Waals surface area contributed by atoms with Crippen LogP contribution in [0.3, 0.4) is 0 Å². The molecule has 0 fully saturated rings. The molecule has 0 aliphatic rings. The summed E-state index contributed by atoms with van der Waals surface area (Å²) in [6.45, 7) is 1.95. The van der Waals surface area contributed by atoms with Gasteiger partial charge in [-0.15, -0.1) is 22.7 Å². The summed E-state index contributed by atoms with van der Waals surface area (Å²) in [5.41, 5.74) is 3.88. The normalized spacial score (nSPS) is 11.6. The number of thiophene rings is 2. The predicted molar refractivity (Wildman–Crippen MR) is 106 cm³/mol. The number of nitrogens with one attached hydrogen (secondary N) is 2. The summed E-state index contributed by atoms with van der Waals surface area (Å²) in [7, 11) is -3.74. The van der Waals surface area contributed by atoms with Crippen molar-refractivity contribution in [3.05, 3.63) is 69.2 Å². The van der Waals surface area contributed by atoms with E-state index in [0.29, 0.717) is 0 Å². The largest absolute Gasteiger partial charge is 0.278 e. The molecule has 0 saturated heterocycles. The highest BCUT2D eigenvalue weighted by Gasteiger charge is 2.19. The summed E-state index contributed by atoms with van der Waals surface area (Å²) in [4.78, 5) is 13.3. The number of nitrogens with zero attached hydrogens (tertiary/aromatic N) is 1. The molecule has 0 radical (unpaired) electrons. The second-order valence-electron chi connectivity index (χ2n) is 5.25. The van der Waals surface area contributed by atoms with E-state index in [0.717, 1.165) is 21.8 Å². The zero-order valence-electron chi connectivity index (χ0n) is 13.7. The van der Waals surface area contributed by atoms with Crippen molar-refractivity contribution in [1.82, 2.24) is 5.43 Å². The molecule has 0 aliphatic heterocycles. The molecule has 2 N–H and O–H groups in total. The Morgan fingerprint density at radius 2 is 1.88 bits per heavy atom. The van der Waals surface area contributed by atoms with Crippen molar-refractivity contribution < 1.29 is 13.2 Å². The van der Waals surface area contributed by atoms with Gasteiger partial charge < -0.3 is 0 Å². The van der Waals surface area contributed by atoms with E-state index in [-0.39, 0.29) is 15.5 Å². The van der Waals surface area contributed by atoms with Crippen molar-refractivity contribution in [2.24, 2.45) is 5.10 Å². The first-order valence-corrected chi connectivity index (χ1v) is 10.7. The van der Waals surface area contributed by atoms with Crippen LogP contribution in [0.2, 0.25) is 0 Å². The summed E-state index contributed by atoms with van der Waals surface area (Å²) in [5, 5.41) is 7.56. The second-order valence-corrected chi connectivity index (χ2v) is 9.05. The molecule has 0 saturated carbocycles. The SMILES string of the molecule is Cc1ccsc1C=NNC(=O)c1ccccc1NS(=O)(=O)c1cccs1. The topological polar surface area (TPSA) is 87.6 Å². The number of amides is 1. The molecule has 0 atom stereocenters. The molecule has 0 spiro atoms. The Balaban J connectivity index is 1.77. The standard InChI is InChI=1S/C17H15N3O3S3/c1-12-8-10-24-15(12)11-18-19-17(21)13-5-2-3-6-14(13)20-26(22,23)16-7-4-9-25-16/h2-11,20H,1H3,(H,19,21). The van der Waals surface area contributed by atoms with Gasteiger partial charge in [0.15, 0.2) is 0 Å². The number of para-hydroxylation sites is 1. The summed E-state index contributed by atoms with van der Waals surface area (Å²) in [6, 6.07) is 11.5. The number of benzene rings is 1. The quantitative estimate of drug-likeness (QED) is 0.484. The minimum Gasteiger partial charge on any atom is -0.278 e. The highest BCUT2D eigenvalue weighted by molar-refractivity contribution is 7.94. The lowest BCUT2D eigenvalue weighted by Crippen LogP contribution is -2.21. The third-order valence-corrected chi connectivity index (χ3v) is 7.14. The fourth-order valence-electron chi connectivity index (χ4n) is 2.11.